The molecule has 1 aliphatic carbocycles. The van der Waals surface area contributed by atoms with Crippen molar-refractivity contribution in [2.24, 2.45) is 0 Å². The minimum Gasteiger partial charge on any atom is -0.365 e. The lowest BCUT2D eigenvalue weighted by atomic mass is 10.1. The highest BCUT2D eigenvalue weighted by Gasteiger charge is 2.26. The molecule has 0 radical (unpaired) electrons. The third-order valence-electron chi connectivity index (χ3n) is 6.46. The summed E-state index contributed by atoms with van der Waals surface area (Å²) in [4.78, 5) is 47.5. The number of aromatic amines is 1. The fourth-order valence-corrected chi connectivity index (χ4v) is 4.37. The van der Waals surface area contributed by atoms with Gasteiger partial charge in [0.1, 0.15) is 5.69 Å². The largest absolute Gasteiger partial charge is 0.365 e. The van der Waals surface area contributed by atoms with E-state index in [-0.39, 0.29) is 23.2 Å². The minimum atomic E-state index is -0.631. The van der Waals surface area contributed by atoms with Crippen LogP contribution in [0.2, 0.25) is 0 Å². The quantitative estimate of drug-likeness (QED) is 0.533. The van der Waals surface area contributed by atoms with E-state index in [4.69, 9.17) is 0 Å². The number of aromatic nitrogens is 3. The number of hydrogen-bond donors (Lipinski definition) is 2. The van der Waals surface area contributed by atoms with Crippen molar-refractivity contribution in [1.29, 1.82) is 0 Å². The summed E-state index contributed by atoms with van der Waals surface area (Å²) >= 11 is 0. The number of hydrogen-bond acceptors (Lipinski definition) is 6. The van der Waals surface area contributed by atoms with Crippen LogP contribution in [-0.4, -0.2) is 57.6 Å². The van der Waals surface area contributed by atoms with Crippen LogP contribution < -0.4 is 21.5 Å². The molecule has 0 spiro atoms. The van der Waals surface area contributed by atoms with Gasteiger partial charge in [0, 0.05) is 45.3 Å². The summed E-state index contributed by atoms with van der Waals surface area (Å²) in [6.07, 6.45) is 1.93. The highest BCUT2D eigenvalue weighted by molar-refractivity contribution is 5.92. The van der Waals surface area contributed by atoms with Gasteiger partial charge in [0.25, 0.3) is 11.5 Å². The number of anilines is 1. The molecule has 5 rings (SSSR count). The third-order valence-corrected chi connectivity index (χ3v) is 6.46. The molecule has 178 valence electrons. The number of piperazine rings is 1. The lowest BCUT2D eigenvalue weighted by Gasteiger charge is -2.36. The predicted molar refractivity (Wildman–Crippen MR) is 127 cm³/mol. The van der Waals surface area contributed by atoms with E-state index in [1.807, 2.05) is 17.0 Å². The van der Waals surface area contributed by atoms with Crippen LogP contribution in [0.3, 0.4) is 0 Å². The number of H-pyrrole nitrogens is 1. The van der Waals surface area contributed by atoms with Gasteiger partial charge in [-0.3, -0.25) is 19.1 Å². The molecule has 0 unspecified atom stereocenters. The second-order valence-corrected chi connectivity index (χ2v) is 8.88. The van der Waals surface area contributed by atoms with Crippen molar-refractivity contribution in [3.63, 3.8) is 0 Å². The molecule has 0 bridgehead atoms. The summed E-state index contributed by atoms with van der Waals surface area (Å²) in [5.41, 5.74) is 1.34. The Morgan fingerprint density at radius 2 is 1.91 bits per heavy atom. The first-order chi connectivity index (χ1) is 16.4. The zero-order chi connectivity index (χ0) is 23.8. The standard InChI is InChI=1S/C24H27FN6O3/c1-2-31-23(33)17-6-3-15(13-19(17)28-24(31)34)14-29-9-11-30(12-10-29)20-8-7-18(27-21(20)25)22(32)26-16-4-5-16/h3,6-8,13,16H,2,4-5,9-12,14H2,1H3,(H,26,32)(H,28,34). The van der Waals surface area contributed by atoms with Gasteiger partial charge in [0.2, 0.25) is 5.95 Å². The monoisotopic (exact) mass is 466 g/mol. The highest BCUT2D eigenvalue weighted by Crippen LogP contribution is 2.22. The Morgan fingerprint density at radius 3 is 2.59 bits per heavy atom. The third kappa shape index (κ3) is 4.45. The molecule has 0 atom stereocenters. The number of benzene rings is 1. The molecule has 1 saturated heterocycles. The first-order valence-electron chi connectivity index (χ1n) is 11.6. The van der Waals surface area contributed by atoms with E-state index in [0.717, 1.165) is 31.5 Å². The van der Waals surface area contributed by atoms with Crippen molar-refractivity contribution in [1.82, 2.24) is 24.8 Å². The minimum absolute atomic E-state index is 0.104. The van der Waals surface area contributed by atoms with E-state index < -0.39 is 11.6 Å². The predicted octanol–water partition coefficient (Wildman–Crippen LogP) is 1.46. The van der Waals surface area contributed by atoms with Gasteiger partial charge in [-0.05, 0) is 49.6 Å². The molecule has 3 heterocycles. The SMILES string of the molecule is CCn1c(=O)[nH]c2cc(CN3CCN(c4ccc(C(=O)NC5CC5)nc4F)CC3)ccc2c1=O. The van der Waals surface area contributed by atoms with Crippen LogP contribution in [-0.2, 0) is 13.1 Å². The second kappa shape index (κ2) is 9.02. The summed E-state index contributed by atoms with van der Waals surface area (Å²) in [5, 5.41) is 3.31. The average molecular weight is 467 g/mol. The molecule has 1 amide bonds. The molecule has 34 heavy (non-hydrogen) atoms. The second-order valence-electron chi connectivity index (χ2n) is 8.88. The number of carbonyl (C=O) groups is 1. The fraction of sp³-hybridized carbons (Fsp3) is 0.417. The highest BCUT2D eigenvalue weighted by atomic mass is 19.1. The van der Waals surface area contributed by atoms with Crippen molar-refractivity contribution in [2.45, 2.75) is 38.9 Å². The van der Waals surface area contributed by atoms with E-state index >= 15 is 0 Å². The molecule has 1 aromatic carbocycles. The van der Waals surface area contributed by atoms with Crippen LogP contribution in [0.25, 0.3) is 10.9 Å². The lowest BCUT2D eigenvalue weighted by Crippen LogP contribution is -2.46. The van der Waals surface area contributed by atoms with Crippen molar-refractivity contribution in [3.8, 4) is 0 Å². The Labute approximate surface area is 195 Å². The molecular formula is C24H27FN6O3. The summed E-state index contributed by atoms with van der Waals surface area (Å²) in [6.45, 7) is 5.42. The van der Waals surface area contributed by atoms with Gasteiger partial charge in [-0.2, -0.15) is 4.39 Å². The number of fused-ring (bicyclic) bond motifs is 1. The topological polar surface area (TPSA) is 103 Å². The molecule has 2 fully saturated rings. The summed E-state index contributed by atoms with van der Waals surface area (Å²) in [5.74, 6) is -0.962. The summed E-state index contributed by atoms with van der Waals surface area (Å²) in [6, 6.07) is 8.91. The van der Waals surface area contributed by atoms with Gasteiger partial charge >= 0.3 is 5.69 Å². The first-order valence-corrected chi connectivity index (χ1v) is 11.6. The smallest absolute Gasteiger partial charge is 0.328 e. The molecule has 2 N–H and O–H groups in total. The van der Waals surface area contributed by atoms with Crippen LogP contribution >= 0.6 is 0 Å². The number of pyridine rings is 1. The van der Waals surface area contributed by atoms with Crippen LogP contribution in [0, 0.1) is 5.95 Å². The van der Waals surface area contributed by atoms with Gasteiger partial charge < -0.3 is 15.2 Å². The molecule has 1 aliphatic heterocycles. The Kier molecular flexibility index (Phi) is 5.91. The number of nitrogens with zero attached hydrogens (tertiary/aromatic N) is 4. The van der Waals surface area contributed by atoms with Crippen molar-refractivity contribution >= 4 is 22.5 Å². The molecule has 3 aromatic rings. The Hall–Kier alpha value is -3.53. The molecular weight excluding hydrogens is 439 g/mol. The van der Waals surface area contributed by atoms with Crippen LogP contribution in [0.5, 0.6) is 0 Å². The number of halogens is 1. The maximum absolute atomic E-state index is 14.7. The van der Waals surface area contributed by atoms with Crippen molar-refractivity contribution in [3.05, 3.63) is 68.4 Å². The summed E-state index contributed by atoms with van der Waals surface area (Å²) < 4.78 is 15.8. The van der Waals surface area contributed by atoms with E-state index in [1.165, 1.54) is 4.57 Å². The first kappa shape index (κ1) is 22.3. The van der Waals surface area contributed by atoms with Gasteiger partial charge in [0.05, 0.1) is 16.6 Å². The Balaban J connectivity index is 1.23. The van der Waals surface area contributed by atoms with Crippen LogP contribution in [0.15, 0.2) is 39.9 Å². The Bertz CT molecular complexity index is 1360. The van der Waals surface area contributed by atoms with Crippen molar-refractivity contribution < 1.29 is 9.18 Å². The number of nitrogens with one attached hydrogen (secondary N) is 2. The van der Waals surface area contributed by atoms with Gasteiger partial charge in [-0.1, -0.05) is 6.07 Å². The normalized spacial score (nSPS) is 16.7. The van der Waals surface area contributed by atoms with Crippen LogP contribution in [0.1, 0.15) is 35.8 Å². The average Bonchev–Trinajstić information content (AvgIpc) is 3.64. The lowest BCUT2D eigenvalue weighted by molar-refractivity contribution is 0.0945. The maximum Gasteiger partial charge on any atom is 0.328 e. The zero-order valence-corrected chi connectivity index (χ0v) is 19.0. The van der Waals surface area contributed by atoms with E-state index in [9.17, 15) is 18.8 Å². The molecule has 10 heteroatoms. The number of amides is 1. The molecule has 1 saturated carbocycles. The van der Waals surface area contributed by atoms with Gasteiger partial charge in [0.15, 0.2) is 0 Å². The van der Waals surface area contributed by atoms with E-state index in [1.54, 1.807) is 25.1 Å². The summed E-state index contributed by atoms with van der Waals surface area (Å²) in [7, 11) is 0. The molecule has 2 aromatic heterocycles. The van der Waals surface area contributed by atoms with E-state index in [0.29, 0.717) is 42.8 Å². The zero-order valence-electron chi connectivity index (χ0n) is 19.0. The van der Waals surface area contributed by atoms with Crippen LogP contribution in [0.4, 0.5) is 10.1 Å². The maximum atomic E-state index is 14.7. The molecule has 2 aliphatic rings. The van der Waals surface area contributed by atoms with Crippen molar-refractivity contribution in [2.75, 3.05) is 31.1 Å². The fourth-order valence-electron chi connectivity index (χ4n) is 4.37. The van der Waals surface area contributed by atoms with Gasteiger partial charge in [-0.25, -0.2) is 9.78 Å². The molecule has 9 nitrogen and oxygen atoms in total. The number of carbonyl (C=O) groups excluding carboxylic acids is 1. The van der Waals surface area contributed by atoms with Gasteiger partial charge in [-0.15, -0.1) is 0 Å². The number of rotatable bonds is 6. The van der Waals surface area contributed by atoms with E-state index in [2.05, 4.69) is 20.2 Å². The Morgan fingerprint density at radius 1 is 1.15 bits per heavy atom.